The van der Waals surface area contributed by atoms with Crippen LogP contribution in [-0.4, -0.2) is 7.11 Å². The summed E-state index contributed by atoms with van der Waals surface area (Å²) in [5, 5.41) is 0.753. The molecule has 0 aromatic heterocycles. The van der Waals surface area contributed by atoms with Crippen molar-refractivity contribution in [2.24, 2.45) is 11.3 Å². The minimum atomic E-state index is 0.276. The number of rotatable bonds is 5. The lowest BCUT2D eigenvalue weighted by atomic mass is 9.83. The molecule has 19 heavy (non-hydrogen) atoms. The van der Waals surface area contributed by atoms with E-state index in [1.807, 2.05) is 18.2 Å². The Bertz CT molecular complexity index is 412. The molecule has 2 atom stereocenters. The molecular weight excluding hydrogens is 324 g/mol. The van der Waals surface area contributed by atoms with Gasteiger partial charge in [0.15, 0.2) is 0 Å². The fourth-order valence-electron chi connectivity index (χ4n) is 2.56. The molecule has 0 aliphatic heterocycles. The van der Waals surface area contributed by atoms with Gasteiger partial charge in [0, 0.05) is 15.4 Å². The lowest BCUT2D eigenvalue weighted by molar-refractivity contribution is 0.296. The van der Waals surface area contributed by atoms with Crippen LogP contribution in [0, 0.1) is 11.3 Å². The Balaban J connectivity index is 2.77. The summed E-state index contributed by atoms with van der Waals surface area (Å²) in [6.45, 7) is 9.16. The van der Waals surface area contributed by atoms with E-state index in [0.29, 0.717) is 11.3 Å². The Hall–Kier alpha value is -0.210. The van der Waals surface area contributed by atoms with Crippen molar-refractivity contribution in [1.29, 1.82) is 0 Å². The van der Waals surface area contributed by atoms with Gasteiger partial charge in [0.2, 0.25) is 0 Å². The topological polar surface area (TPSA) is 9.23 Å². The van der Waals surface area contributed by atoms with E-state index >= 15 is 0 Å². The highest BCUT2D eigenvalue weighted by Crippen LogP contribution is 2.39. The molecule has 0 saturated carbocycles. The number of alkyl halides is 1. The van der Waals surface area contributed by atoms with Crippen LogP contribution in [0.15, 0.2) is 18.2 Å². The highest BCUT2D eigenvalue weighted by molar-refractivity contribution is 9.09. The molecule has 0 bridgehead atoms. The maximum atomic E-state index is 6.08. The zero-order valence-corrected chi connectivity index (χ0v) is 14.8. The molecule has 0 heterocycles. The third kappa shape index (κ3) is 5.74. The SMILES string of the molecule is COc1ccc(Cl)cc1C(Br)CC(C)CC(C)(C)C. The molecule has 3 heteroatoms. The maximum Gasteiger partial charge on any atom is 0.123 e. The first-order valence-electron chi connectivity index (χ1n) is 6.70. The summed E-state index contributed by atoms with van der Waals surface area (Å²) in [5.74, 6) is 1.54. The zero-order chi connectivity index (χ0) is 14.6. The summed E-state index contributed by atoms with van der Waals surface area (Å²) in [7, 11) is 1.70. The van der Waals surface area contributed by atoms with Crippen LogP contribution in [0.1, 0.15) is 50.9 Å². The van der Waals surface area contributed by atoms with E-state index in [4.69, 9.17) is 16.3 Å². The molecular formula is C16H24BrClO. The highest BCUT2D eigenvalue weighted by Gasteiger charge is 2.20. The number of methoxy groups -OCH3 is 1. The van der Waals surface area contributed by atoms with Gasteiger partial charge in [-0.2, -0.15) is 0 Å². The van der Waals surface area contributed by atoms with Crippen LogP contribution in [-0.2, 0) is 0 Å². The van der Waals surface area contributed by atoms with Crippen molar-refractivity contribution in [3.8, 4) is 5.75 Å². The van der Waals surface area contributed by atoms with Crippen LogP contribution in [0.4, 0.5) is 0 Å². The van der Waals surface area contributed by atoms with E-state index in [0.717, 1.165) is 22.8 Å². The average Bonchev–Trinajstić information content (AvgIpc) is 2.26. The summed E-state index contributed by atoms with van der Waals surface area (Å²) in [4.78, 5) is 0.276. The normalized spacial score (nSPS) is 15.1. The number of ether oxygens (including phenoxy) is 1. The van der Waals surface area contributed by atoms with Crippen LogP contribution >= 0.6 is 27.5 Å². The third-order valence-corrected chi connectivity index (χ3v) is 4.20. The first-order chi connectivity index (χ1) is 8.73. The minimum absolute atomic E-state index is 0.276. The summed E-state index contributed by atoms with van der Waals surface area (Å²) >= 11 is 9.87. The second kappa shape index (κ2) is 6.99. The smallest absolute Gasteiger partial charge is 0.123 e. The van der Waals surface area contributed by atoms with Crippen molar-refractivity contribution in [3.05, 3.63) is 28.8 Å². The first-order valence-corrected chi connectivity index (χ1v) is 8.00. The monoisotopic (exact) mass is 346 g/mol. The van der Waals surface area contributed by atoms with Gasteiger partial charge in [-0.3, -0.25) is 0 Å². The molecule has 0 fully saturated rings. The average molecular weight is 348 g/mol. The molecule has 0 radical (unpaired) electrons. The largest absolute Gasteiger partial charge is 0.496 e. The van der Waals surface area contributed by atoms with Crippen molar-refractivity contribution < 1.29 is 4.74 Å². The third-order valence-electron chi connectivity index (χ3n) is 3.10. The molecule has 0 N–H and O–H groups in total. The molecule has 1 aromatic carbocycles. The molecule has 0 amide bonds. The quantitative estimate of drug-likeness (QED) is 0.572. The van der Waals surface area contributed by atoms with E-state index in [1.54, 1.807) is 7.11 Å². The fourth-order valence-corrected chi connectivity index (χ4v) is 3.74. The zero-order valence-electron chi connectivity index (χ0n) is 12.5. The van der Waals surface area contributed by atoms with Crippen molar-refractivity contribution in [2.75, 3.05) is 7.11 Å². The van der Waals surface area contributed by atoms with Crippen molar-refractivity contribution >= 4 is 27.5 Å². The van der Waals surface area contributed by atoms with E-state index < -0.39 is 0 Å². The Kier molecular flexibility index (Phi) is 6.19. The van der Waals surface area contributed by atoms with Crippen molar-refractivity contribution in [3.63, 3.8) is 0 Å². The number of hydrogen-bond acceptors (Lipinski definition) is 1. The Morgan fingerprint density at radius 3 is 2.47 bits per heavy atom. The first kappa shape index (κ1) is 16.8. The second-order valence-electron chi connectivity index (χ2n) is 6.46. The Morgan fingerprint density at radius 2 is 1.95 bits per heavy atom. The predicted molar refractivity (Wildman–Crippen MR) is 87.5 cm³/mol. The van der Waals surface area contributed by atoms with Crippen LogP contribution < -0.4 is 4.74 Å². The van der Waals surface area contributed by atoms with E-state index in [-0.39, 0.29) is 4.83 Å². The lowest BCUT2D eigenvalue weighted by Gasteiger charge is -2.25. The van der Waals surface area contributed by atoms with Gasteiger partial charge in [-0.15, -0.1) is 0 Å². The van der Waals surface area contributed by atoms with Gasteiger partial charge in [-0.05, 0) is 42.4 Å². The summed E-state index contributed by atoms with van der Waals surface area (Å²) in [6, 6.07) is 5.78. The van der Waals surface area contributed by atoms with Crippen LogP contribution in [0.25, 0.3) is 0 Å². The van der Waals surface area contributed by atoms with Gasteiger partial charge in [0.25, 0.3) is 0 Å². The maximum absolute atomic E-state index is 6.08. The molecule has 1 nitrogen and oxygen atoms in total. The molecule has 0 saturated heterocycles. The predicted octanol–water partition coefficient (Wildman–Crippen LogP) is 6.25. The molecule has 0 aliphatic rings. The van der Waals surface area contributed by atoms with Gasteiger partial charge in [0.05, 0.1) is 7.11 Å². The molecule has 0 aliphatic carbocycles. The molecule has 1 aromatic rings. The molecule has 1 rings (SSSR count). The van der Waals surface area contributed by atoms with E-state index in [9.17, 15) is 0 Å². The van der Waals surface area contributed by atoms with Gasteiger partial charge >= 0.3 is 0 Å². The van der Waals surface area contributed by atoms with Crippen molar-refractivity contribution in [1.82, 2.24) is 0 Å². The number of hydrogen-bond donors (Lipinski definition) is 0. The fraction of sp³-hybridized carbons (Fsp3) is 0.625. The molecule has 2 unspecified atom stereocenters. The van der Waals surface area contributed by atoms with Gasteiger partial charge in [-0.25, -0.2) is 0 Å². The highest BCUT2D eigenvalue weighted by atomic mass is 79.9. The Labute approximate surface area is 130 Å². The number of benzene rings is 1. The van der Waals surface area contributed by atoms with Gasteiger partial charge < -0.3 is 4.74 Å². The lowest BCUT2D eigenvalue weighted by Crippen LogP contribution is -2.12. The Morgan fingerprint density at radius 1 is 1.32 bits per heavy atom. The summed E-state index contributed by atoms with van der Waals surface area (Å²) < 4.78 is 5.42. The second-order valence-corrected chi connectivity index (χ2v) is 8.00. The summed E-state index contributed by atoms with van der Waals surface area (Å²) in [5.41, 5.74) is 1.50. The van der Waals surface area contributed by atoms with Crippen LogP contribution in [0.3, 0.4) is 0 Å². The van der Waals surface area contributed by atoms with E-state index in [1.165, 1.54) is 6.42 Å². The molecule has 0 spiro atoms. The minimum Gasteiger partial charge on any atom is -0.496 e. The van der Waals surface area contributed by atoms with Crippen LogP contribution in [0.2, 0.25) is 5.02 Å². The molecule has 108 valence electrons. The summed E-state index contributed by atoms with van der Waals surface area (Å²) in [6.07, 6.45) is 2.28. The van der Waals surface area contributed by atoms with Gasteiger partial charge in [0.1, 0.15) is 5.75 Å². The van der Waals surface area contributed by atoms with E-state index in [2.05, 4.69) is 43.6 Å². The van der Waals surface area contributed by atoms with Crippen molar-refractivity contribution in [2.45, 2.75) is 45.4 Å². The van der Waals surface area contributed by atoms with Gasteiger partial charge in [-0.1, -0.05) is 55.2 Å². The van der Waals surface area contributed by atoms with Crippen LogP contribution in [0.5, 0.6) is 5.75 Å². The standard InChI is InChI=1S/C16H24BrClO/c1-11(10-16(2,3)4)8-14(17)13-9-12(18)6-7-15(13)19-5/h6-7,9,11,14H,8,10H2,1-5H3. The number of halogens is 2.